The summed E-state index contributed by atoms with van der Waals surface area (Å²) in [6.45, 7) is 2.04. The number of anilines is 1. The molecule has 3 rings (SSSR count). The van der Waals surface area contributed by atoms with Crippen LogP contribution in [0.2, 0.25) is 0 Å². The Bertz CT molecular complexity index is 967. The van der Waals surface area contributed by atoms with Crippen molar-refractivity contribution in [2.45, 2.75) is 11.8 Å². The van der Waals surface area contributed by atoms with E-state index in [4.69, 9.17) is 0 Å². The van der Waals surface area contributed by atoms with Crippen molar-refractivity contribution in [3.05, 3.63) is 41.7 Å². The molecular weight excluding hydrogens is 358 g/mol. The number of sulfonamides is 1. The fraction of sp³-hybridized carbons (Fsp3) is 0.312. The van der Waals surface area contributed by atoms with Crippen molar-refractivity contribution in [3.8, 4) is 0 Å². The highest BCUT2D eigenvalue weighted by Gasteiger charge is 2.29. The summed E-state index contributed by atoms with van der Waals surface area (Å²) in [4.78, 5) is 23.9. The van der Waals surface area contributed by atoms with E-state index in [1.165, 1.54) is 16.8 Å². The molecule has 0 atom stereocenters. The molecule has 0 radical (unpaired) electrons. The lowest BCUT2D eigenvalue weighted by molar-refractivity contribution is -0.122. The third-order valence-electron chi connectivity index (χ3n) is 3.97. The average molecular weight is 377 g/mol. The molecule has 0 aliphatic carbocycles. The topological polar surface area (TPSA) is 113 Å². The highest BCUT2D eigenvalue weighted by molar-refractivity contribution is 7.89. The third-order valence-corrected chi connectivity index (χ3v) is 5.81. The minimum atomic E-state index is -3.82. The largest absolute Gasteiger partial charge is 0.354 e. The molecule has 9 nitrogen and oxygen atoms in total. The van der Waals surface area contributed by atoms with Crippen molar-refractivity contribution in [3.63, 3.8) is 0 Å². The number of hydrogen-bond donors (Lipinski definition) is 2. The van der Waals surface area contributed by atoms with Crippen LogP contribution in [0.4, 0.5) is 5.69 Å². The fourth-order valence-electron chi connectivity index (χ4n) is 2.72. The molecule has 1 aromatic carbocycles. The van der Waals surface area contributed by atoms with E-state index in [0.29, 0.717) is 17.1 Å². The van der Waals surface area contributed by atoms with Crippen LogP contribution in [0.15, 0.2) is 35.2 Å². The number of nitrogens with one attached hydrogen (secondary N) is 2. The zero-order valence-corrected chi connectivity index (χ0v) is 15.2. The summed E-state index contributed by atoms with van der Waals surface area (Å²) in [6.07, 6.45) is 0. The second-order valence-electron chi connectivity index (χ2n) is 5.97. The van der Waals surface area contributed by atoms with Gasteiger partial charge >= 0.3 is 0 Å². The Morgan fingerprint density at radius 1 is 1.31 bits per heavy atom. The molecule has 0 spiro atoms. The molecule has 0 saturated carbocycles. The fourth-order valence-corrected chi connectivity index (χ4v) is 4.17. The molecule has 2 heterocycles. The number of aromatic nitrogens is 2. The first-order valence-corrected chi connectivity index (χ1v) is 9.40. The van der Waals surface area contributed by atoms with Gasteiger partial charge in [0.15, 0.2) is 0 Å². The van der Waals surface area contributed by atoms with Crippen LogP contribution in [-0.4, -0.2) is 54.0 Å². The molecule has 2 N–H and O–H groups in total. The molecule has 1 aromatic heterocycles. The van der Waals surface area contributed by atoms with Gasteiger partial charge in [-0.2, -0.15) is 9.40 Å². The third kappa shape index (κ3) is 3.60. The smallest absolute Gasteiger partial charge is 0.273 e. The highest BCUT2D eigenvalue weighted by atomic mass is 32.2. The van der Waals surface area contributed by atoms with E-state index in [1.54, 1.807) is 32.2 Å². The summed E-state index contributed by atoms with van der Waals surface area (Å²) in [5.41, 5.74) is 1.41. The van der Waals surface area contributed by atoms with E-state index in [2.05, 4.69) is 15.7 Å². The number of carbonyl (C=O) groups excluding carboxylic acids is 2. The van der Waals surface area contributed by atoms with E-state index >= 15 is 0 Å². The van der Waals surface area contributed by atoms with Gasteiger partial charge in [-0.1, -0.05) is 6.07 Å². The Morgan fingerprint density at radius 3 is 2.73 bits per heavy atom. The van der Waals surface area contributed by atoms with Gasteiger partial charge < -0.3 is 10.6 Å². The van der Waals surface area contributed by atoms with Gasteiger partial charge in [0.2, 0.25) is 15.9 Å². The molecule has 1 fully saturated rings. The van der Waals surface area contributed by atoms with Gasteiger partial charge in [-0.25, -0.2) is 8.42 Å². The molecule has 2 amide bonds. The van der Waals surface area contributed by atoms with Crippen molar-refractivity contribution >= 4 is 27.5 Å². The number of aryl methyl sites for hydroxylation is 2. The van der Waals surface area contributed by atoms with Gasteiger partial charge in [0.25, 0.3) is 5.91 Å². The molecule has 26 heavy (non-hydrogen) atoms. The van der Waals surface area contributed by atoms with Crippen LogP contribution in [0.25, 0.3) is 0 Å². The number of piperazine rings is 1. The predicted molar refractivity (Wildman–Crippen MR) is 94.1 cm³/mol. The van der Waals surface area contributed by atoms with Gasteiger partial charge in [0.05, 0.1) is 17.1 Å². The standard InChI is InChI=1S/C16H19N5O4S/c1-11-8-14(20(2)19-11)16(23)18-12-4-3-5-13(9-12)26(24,25)21-7-6-17-15(22)10-21/h3-5,8-9H,6-7,10H2,1-2H3,(H,17,22)(H,18,23). The Morgan fingerprint density at radius 2 is 2.08 bits per heavy atom. The van der Waals surface area contributed by atoms with Gasteiger partial charge in [-0.15, -0.1) is 0 Å². The van der Waals surface area contributed by atoms with Crippen LogP contribution in [0.5, 0.6) is 0 Å². The number of amides is 2. The summed E-state index contributed by atoms with van der Waals surface area (Å²) in [5.74, 6) is -0.726. The maximum Gasteiger partial charge on any atom is 0.273 e. The van der Waals surface area contributed by atoms with E-state index in [1.807, 2.05) is 0 Å². The monoisotopic (exact) mass is 377 g/mol. The zero-order valence-electron chi connectivity index (χ0n) is 14.4. The van der Waals surface area contributed by atoms with Crippen LogP contribution in [-0.2, 0) is 21.9 Å². The average Bonchev–Trinajstić information content (AvgIpc) is 2.93. The summed E-state index contributed by atoms with van der Waals surface area (Å²) >= 11 is 0. The van der Waals surface area contributed by atoms with E-state index < -0.39 is 10.0 Å². The van der Waals surface area contributed by atoms with E-state index in [-0.39, 0.29) is 36.3 Å². The second kappa shape index (κ2) is 6.89. The Hall–Kier alpha value is -2.72. The Labute approximate surface area is 151 Å². The zero-order chi connectivity index (χ0) is 18.9. The molecule has 1 aliphatic heterocycles. The number of rotatable bonds is 4. The Kier molecular flexibility index (Phi) is 4.79. The lowest BCUT2D eigenvalue weighted by atomic mass is 10.3. The highest BCUT2D eigenvalue weighted by Crippen LogP contribution is 2.20. The van der Waals surface area contributed by atoms with Crippen molar-refractivity contribution < 1.29 is 18.0 Å². The van der Waals surface area contributed by atoms with Crippen LogP contribution >= 0.6 is 0 Å². The van der Waals surface area contributed by atoms with Crippen molar-refractivity contribution in [1.82, 2.24) is 19.4 Å². The summed E-state index contributed by atoms with van der Waals surface area (Å²) in [5, 5.41) is 9.38. The lowest BCUT2D eigenvalue weighted by Gasteiger charge is -2.26. The predicted octanol–water partition coefficient (Wildman–Crippen LogP) is 0.101. The quantitative estimate of drug-likeness (QED) is 0.785. The molecule has 138 valence electrons. The van der Waals surface area contributed by atoms with Crippen LogP contribution in [0.3, 0.4) is 0 Å². The number of carbonyl (C=O) groups is 2. The first-order valence-electron chi connectivity index (χ1n) is 7.96. The first kappa shape index (κ1) is 18.1. The minimum Gasteiger partial charge on any atom is -0.354 e. The summed E-state index contributed by atoms with van der Waals surface area (Å²) in [7, 11) is -2.16. The molecule has 1 saturated heterocycles. The van der Waals surface area contributed by atoms with Crippen molar-refractivity contribution in [2.75, 3.05) is 25.0 Å². The number of hydrogen-bond acceptors (Lipinski definition) is 5. The van der Waals surface area contributed by atoms with Crippen molar-refractivity contribution in [1.29, 1.82) is 0 Å². The maximum absolute atomic E-state index is 12.7. The Balaban J connectivity index is 1.83. The van der Waals surface area contributed by atoms with Crippen LogP contribution in [0, 0.1) is 6.92 Å². The normalized spacial score (nSPS) is 15.5. The number of nitrogens with zero attached hydrogens (tertiary/aromatic N) is 3. The second-order valence-corrected chi connectivity index (χ2v) is 7.90. The summed E-state index contributed by atoms with van der Waals surface area (Å²) < 4.78 is 28.0. The molecule has 1 aliphatic rings. The van der Waals surface area contributed by atoms with Gasteiger partial charge in [-0.3, -0.25) is 14.3 Å². The van der Waals surface area contributed by atoms with Crippen molar-refractivity contribution in [2.24, 2.45) is 7.05 Å². The van der Waals surface area contributed by atoms with E-state index in [9.17, 15) is 18.0 Å². The molecule has 0 bridgehead atoms. The molecular formula is C16H19N5O4S. The van der Waals surface area contributed by atoms with Crippen LogP contribution in [0.1, 0.15) is 16.2 Å². The molecule has 2 aromatic rings. The SMILES string of the molecule is Cc1cc(C(=O)Nc2cccc(S(=O)(=O)N3CCNC(=O)C3)c2)n(C)n1. The molecule has 0 unspecified atom stereocenters. The number of benzene rings is 1. The lowest BCUT2D eigenvalue weighted by Crippen LogP contribution is -2.49. The van der Waals surface area contributed by atoms with Crippen LogP contribution < -0.4 is 10.6 Å². The van der Waals surface area contributed by atoms with E-state index in [0.717, 1.165) is 4.31 Å². The van der Waals surface area contributed by atoms with Gasteiger partial charge in [0, 0.05) is 25.8 Å². The van der Waals surface area contributed by atoms with Gasteiger partial charge in [-0.05, 0) is 31.2 Å². The maximum atomic E-state index is 12.7. The molecule has 10 heteroatoms. The summed E-state index contributed by atoms with van der Waals surface area (Å²) in [6, 6.07) is 7.60. The minimum absolute atomic E-state index is 0.0196. The first-order chi connectivity index (χ1) is 12.3. The van der Waals surface area contributed by atoms with Gasteiger partial charge in [0.1, 0.15) is 5.69 Å².